The van der Waals surface area contributed by atoms with Crippen LogP contribution in [0.4, 0.5) is 5.69 Å². The minimum atomic E-state index is 0.415. The van der Waals surface area contributed by atoms with Crippen molar-refractivity contribution in [2.75, 3.05) is 19.0 Å². The van der Waals surface area contributed by atoms with Gasteiger partial charge in [0.25, 0.3) is 5.17 Å². The number of nitrogens with one attached hydrogen (secondary N) is 1. The van der Waals surface area contributed by atoms with Gasteiger partial charge < -0.3 is 14.8 Å². The topological polar surface area (TPSA) is 30.5 Å². The number of thiocarbonyl (C=S) groups is 1. The second-order valence-corrected chi connectivity index (χ2v) is 3.71. The molecule has 1 aromatic rings. The van der Waals surface area contributed by atoms with Crippen molar-refractivity contribution in [3.63, 3.8) is 0 Å². The van der Waals surface area contributed by atoms with Gasteiger partial charge in [-0.3, -0.25) is 0 Å². The van der Waals surface area contributed by atoms with E-state index < -0.39 is 0 Å². The monoisotopic (exact) mass is 239 g/mol. The van der Waals surface area contributed by atoms with Crippen molar-refractivity contribution in [1.82, 2.24) is 0 Å². The van der Waals surface area contributed by atoms with Crippen LogP contribution >= 0.6 is 12.2 Å². The van der Waals surface area contributed by atoms with Crippen molar-refractivity contribution in [2.24, 2.45) is 0 Å². The van der Waals surface area contributed by atoms with Gasteiger partial charge in [-0.1, -0.05) is 13.3 Å². The molecule has 0 saturated carbocycles. The summed E-state index contributed by atoms with van der Waals surface area (Å²) in [6.07, 6.45) is 2.12. The Kier molecular flexibility index (Phi) is 5.64. The van der Waals surface area contributed by atoms with E-state index in [0.29, 0.717) is 11.8 Å². The molecule has 16 heavy (non-hydrogen) atoms. The Morgan fingerprint density at radius 2 is 2.00 bits per heavy atom. The number of hydrogen-bond donors (Lipinski definition) is 1. The molecule has 1 rings (SSSR count). The van der Waals surface area contributed by atoms with Crippen LogP contribution in [0.1, 0.15) is 19.8 Å². The molecule has 4 heteroatoms. The van der Waals surface area contributed by atoms with Crippen molar-refractivity contribution in [3.8, 4) is 5.75 Å². The quantitative estimate of drug-likeness (QED) is 0.631. The molecule has 0 heterocycles. The highest BCUT2D eigenvalue weighted by Gasteiger charge is 1.98. The summed E-state index contributed by atoms with van der Waals surface area (Å²) in [5.41, 5.74) is 0.905. The van der Waals surface area contributed by atoms with Gasteiger partial charge in [-0.05, 0) is 42.9 Å². The van der Waals surface area contributed by atoms with E-state index in [0.717, 1.165) is 24.3 Å². The lowest BCUT2D eigenvalue weighted by atomic mass is 10.3. The fourth-order valence-corrected chi connectivity index (χ4v) is 1.34. The summed E-state index contributed by atoms with van der Waals surface area (Å²) in [6, 6.07) is 7.54. The van der Waals surface area contributed by atoms with Crippen LogP contribution in [0.25, 0.3) is 0 Å². The number of hydrogen-bond acceptors (Lipinski definition) is 3. The number of rotatable bonds is 5. The molecule has 0 aliphatic heterocycles. The minimum Gasteiger partial charge on any atom is -0.497 e. The fraction of sp³-hybridized carbons (Fsp3) is 0.417. The Morgan fingerprint density at radius 1 is 1.31 bits per heavy atom. The number of benzene rings is 1. The molecule has 0 saturated heterocycles. The third kappa shape index (κ3) is 4.49. The predicted molar refractivity (Wildman–Crippen MR) is 70.1 cm³/mol. The second-order valence-electron chi connectivity index (χ2n) is 3.34. The van der Waals surface area contributed by atoms with Crippen LogP contribution in [0.2, 0.25) is 0 Å². The van der Waals surface area contributed by atoms with Gasteiger partial charge in [-0.2, -0.15) is 0 Å². The van der Waals surface area contributed by atoms with Crippen molar-refractivity contribution in [2.45, 2.75) is 19.8 Å². The summed E-state index contributed by atoms with van der Waals surface area (Å²) in [4.78, 5) is 0. The van der Waals surface area contributed by atoms with E-state index in [4.69, 9.17) is 21.7 Å². The Hall–Kier alpha value is -1.29. The SMILES string of the molecule is CCCCOC(=S)Nc1ccc(OC)cc1. The fourth-order valence-electron chi connectivity index (χ4n) is 1.14. The second kappa shape index (κ2) is 7.06. The van der Waals surface area contributed by atoms with Gasteiger partial charge in [0.2, 0.25) is 0 Å². The molecule has 0 atom stereocenters. The molecule has 0 spiro atoms. The van der Waals surface area contributed by atoms with Gasteiger partial charge in [-0.25, -0.2) is 0 Å². The Balaban J connectivity index is 2.37. The first-order valence-corrected chi connectivity index (χ1v) is 5.75. The van der Waals surface area contributed by atoms with Crippen molar-refractivity contribution >= 4 is 23.1 Å². The summed E-state index contributed by atoms with van der Waals surface area (Å²) in [5.74, 6) is 0.823. The molecule has 1 N–H and O–H groups in total. The van der Waals surface area contributed by atoms with Crippen molar-refractivity contribution < 1.29 is 9.47 Å². The summed E-state index contributed by atoms with van der Waals surface area (Å²) in [5, 5.41) is 3.42. The average Bonchev–Trinajstić information content (AvgIpc) is 2.30. The Bertz CT molecular complexity index is 324. The maximum Gasteiger partial charge on any atom is 0.261 e. The molecule has 1 aromatic carbocycles. The van der Waals surface area contributed by atoms with Crippen LogP contribution in [0.5, 0.6) is 5.75 Å². The maximum absolute atomic E-state index is 5.33. The molecule has 88 valence electrons. The van der Waals surface area contributed by atoms with Crippen LogP contribution in [-0.2, 0) is 4.74 Å². The third-order valence-corrected chi connectivity index (χ3v) is 2.29. The van der Waals surface area contributed by atoms with Gasteiger partial charge in [0.1, 0.15) is 5.75 Å². The van der Waals surface area contributed by atoms with Crippen LogP contribution in [0, 0.1) is 0 Å². The zero-order valence-corrected chi connectivity index (χ0v) is 10.5. The molecule has 0 amide bonds. The molecule has 3 nitrogen and oxygen atoms in total. The lowest BCUT2D eigenvalue weighted by Gasteiger charge is -2.09. The summed E-state index contributed by atoms with van der Waals surface area (Å²) < 4.78 is 10.4. The number of anilines is 1. The lowest BCUT2D eigenvalue weighted by Crippen LogP contribution is -2.13. The smallest absolute Gasteiger partial charge is 0.261 e. The zero-order chi connectivity index (χ0) is 11.8. The lowest BCUT2D eigenvalue weighted by molar-refractivity contribution is 0.304. The Labute approximate surface area is 102 Å². The van der Waals surface area contributed by atoms with E-state index in [1.54, 1.807) is 7.11 Å². The van der Waals surface area contributed by atoms with Gasteiger partial charge >= 0.3 is 0 Å². The van der Waals surface area contributed by atoms with E-state index in [1.807, 2.05) is 24.3 Å². The first kappa shape index (κ1) is 12.8. The molecule has 0 aliphatic rings. The summed E-state index contributed by atoms with van der Waals surface area (Å²) in [7, 11) is 1.64. The molecular weight excluding hydrogens is 222 g/mol. The van der Waals surface area contributed by atoms with Gasteiger partial charge in [-0.15, -0.1) is 0 Å². The van der Waals surface area contributed by atoms with E-state index in [2.05, 4.69) is 12.2 Å². The Morgan fingerprint density at radius 3 is 2.56 bits per heavy atom. The predicted octanol–water partition coefficient (Wildman–Crippen LogP) is 3.21. The van der Waals surface area contributed by atoms with E-state index in [9.17, 15) is 0 Å². The van der Waals surface area contributed by atoms with E-state index >= 15 is 0 Å². The minimum absolute atomic E-state index is 0.415. The maximum atomic E-state index is 5.33. The third-order valence-electron chi connectivity index (χ3n) is 2.07. The van der Waals surface area contributed by atoms with Crippen LogP contribution < -0.4 is 10.1 Å². The first-order chi connectivity index (χ1) is 7.76. The molecule has 0 bridgehead atoms. The van der Waals surface area contributed by atoms with Gasteiger partial charge in [0.05, 0.1) is 13.7 Å². The largest absolute Gasteiger partial charge is 0.497 e. The van der Waals surface area contributed by atoms with E-state index in [1.165, 1.54) is 0 Å². The van der Waals surface area contributed by atoms with Crippen LogP contribution in [-0.4, -0.2) is 18.9 Å². The molecule has 0 aromatic heterocycles. The standard InChI is InChI=1S/C12H17NO2S/c1-3-4-9-15-12(16)13-10-5-7-11(14-2)8-6-10/h5-8H,3-4,9H2,1-2H3,(H,13,16). The highest BCUT2D eigenvalue weighted by Crippen LogP contribution is 2.15. The molecule has 0 radical (unpaired) electrons. The first-order valence-electron chi connectivity index (χ1n) is 5.34. The van der Waals surface area contributed by atoms with E-state index in [-0.39, 0.29) is 0 Å². The zero-order valence-electron chi connectivity index (χ0n) is 9.66. The average molecular weight is 239 g/mol. The highest BCUT2D eigenvalue weighted by atomic mass is 32.1. The normalized spacial score (nSPS) is 9.62. The van der Waals surface area contributed by atoms with Gasteiger partial charge in [0.15, 0.2) is 0 Å². The molecular formula is C12H17NO2S. The number of ether oxygens (including phenoxy) is 2. The van der Waals surface area contributed by atoms with Gasteiger partial charge in [0, 0.05) is 5.69 Å². The van der Waals surface area contributed by atoms with Crippen LogP contribution in [0.3, 0.4) is 0 Å². The van der Waals surface area contributed by atoms with Crippen LogP contribution in [0.15, 0.2) is 24.3 Å². The summed E-state index contributed by atoms with van der Waals surface area (Å²) in [6.45, 7) is 2.78. The summed E-state index contributed by atoms with van der Waals surface area (Å²) >= 11 is 5.05. The molecule has 0 fully saturated rings. The highest BCUT2D eigenvalue weighted by molar-refractivity contribution is 7.80. The van der Waals surface area contributed by atoms with Crippen molar-refractivity contribution in [1.29, 1.82) is 0 Å². The number of unbranched alkanes of at least 4 members (excludes halogenated alkanes) is 1. The van der Waals surface area contributed by atoms with Crippen molar-refractivity contribution in [3.05, 3.63) is 24.3 Å². The molecule has 0 aliphatic carbocycles. The number of methoxy groups -OCH3 is 1. The molecule has 0 unspecified atom stereocenters.